The zero-order valence-corrected chi connectivity index (χ0v) is 14.8. The van der Waals surface area contributed by atoms with Crippen molar-refractivity contribution in [2.24, 2.45) is 5.14 Å². The Kier molecular flexibility index (Phi) is 4.89. The molecule has 0 heterocycles. The van der Waals surface area contributed by atoms with Gasteiger partial charge in [0.2, 0.25) is 10.0 Å². The summed E-state index contributed by atoms with van der Waals surface area (Å²) in [6.07, 6.45) is 0. The third-order valence-electron chi connectivity index (χ3n) is 4.03. The Morgan fingerprint density at radius 3 is 1.78 bits per heavy atom. The van der Waals surface area contributed by atoms with E-state index < -0.39 is 16.0 Å². The van der Waals surface area contributed by atoms with E-state index in [9.17, 15) is 18.0 Å². The molecule has 0 unspecified atom stereocenters. The first-order valence-electron chi connectivity index (χ1n) is 7.87. The number of sulfonamides is 1. The van der Waals surface area contributed by atoms with Gasteiger partial charge in [0.1, 0.15) is 0 Å². The van der Waals surface area contributed by atoms with E-state index in [1.54, 1.807) is 42.5 Å². The SMILES string of the molecule is NS(=O)(=O)c1ccc(-c2ccc(C(=O)c3cccc(C(=O)O)c3)cc2)cc1. The van der Waals surface area contributed by atoms with Crippen molar-refractivity contribution in [3.8, 4) is 11.1 Å². The van der Waals surface area contributed by atoms with Crippen LogP contribution in [0, 0.1) is 0 Å². The third-order valence-corrected chi connectivity index (χ3v) is 4.96. The van der Waals surface area contributed by atoms with Crippen LogP contribution in [0.25, 0.3) is 11.1 Å². The summed E-state index contributed by atoms with van der Waals surface area (Å²) in [6, 6.07) is 18.7. The molecule has 3 N–H and O–H groups in total. The monoisotopic (exact) mass is 381 g/mol. The summed E-state index contributed by atoms with van der Waals surface area (Å²) >= 11 is 0. The summed E-state index contributed by atoms with van der Waals surface area (Å²) in [6.45, 7) is 0. The molecule has 6 nitrogen and oxygen atoms in total. The predicted octanol–water partition coefficient (Wildman–Crippen LogP) is 2.93. The third kappa shape index (κ3) is 4.11. The molecule has 7 heteroatoms. The minimum Gasteiger partial charge on any atom is -0.478 e. The van der Waals surface area contributed by atoms with Gasteiger partial charge in [-0.15, -0.1) is 0 Å². The summed E-state index contributed by atoms with van der Waals surface area (Å²) < 4.78 is 22.6. The van der Waals surface area contributed by atoms with Gasteiger partial charge in [-0.3, -0.25) is 4.79 Å². The molecule has 0 radical (unpaired) electrons. The van der Waals surface area contributed by atoms with Crippen molar-refractivity contribution in [3.63, 3.8) is 0 Å². The average Bonchev–Trinajstić information content (AvgIpc) is 2.67. The van der Waals surface area contributed by atoms with E-state index >= 15 is 0 Å². The summed E-state index contributed by atoms with van der Waals surface area (Å²) in [5.74, 6) is -1.38. The first-order chi connectivity index (χ1) is 12.8. The topological polar surface area (TPSA) is 115 Å². The molecular weight excluding hydrogens is 366 g/mol. The molecule has 0 saturated carbocycles. The van der Waals surface area contributed by atoms with Gasteiger partial charge in [0.15, 0.2) is 5.78 Å². The number of carbonyl (C=O) groups excluding carboxylic acids is 1. The molecule has 3 aromatic rings. The Morgan fingerprint density at radius 2 is 1.26 bits per heavy atom. The highest BCUT2D eigenvalue weighted by molar-refractivity contribution is 7.89. The second kappa shape index (κ2) is 7.14. The maximum Gasteiger partial charge on any atom is 0.335 e. The first-order valence-corrected chi connectivity index (χ1v) is 9.42. The number of ketones is 1. The highest BCUT2D eigenvalue weighted by atomic mass is 32.2. The van der Waals surface area contributed by atoms with Crippen molar-refractivity contribution in [1.82, 2.24) is 0 Å². The van der Waals surface area contributed by atoms with Crippen LogP contribution in [0.5, 0.6) is 0 Å². The van der Waals surface area contributed by atoms with E-state index in [0.29, 0.717) is 11.1 Å². The van der Waals surface area contributed by atoms with Crippen molar-refractivity contribution >= 4 is 21.8 Å². The lowest BCUT2D eigenvalue weighted by Crippen LogP contribution is -2.11. The highest BCUT2D eigenvalue weighted by Gasteiger charge is 2.12. The van der Waals surface area contributed by atoms with Gasteiger partial charge < -0.3 is 5.11 Å². The van der Waals surface area contributed by atoms with Crippen LogP contribution >= 0.6 is 0 Å². The van der Waals surface area contributed by atoms with E-state index in [2.05, 4.69) is 0 Å². The molecule has 3 rings (SSSR count). The molecule has 0 aliphatic carbocycles. The molecule has 0 aliphatic rings. The smallest absolute Gasteiger partial charge is 0.335 e. The molecule has 0 spiro atoms. The minimum absolute atomic E-state index is 0.0244. The molecule has 0 aliphatic heterocycles. The number of carboxylic acid groups (broad SMARTS) is 1. The fraction of sp³-hybridized carbons (Fsp3) is 0. The molecule has 0 aromatic heterocycles. The second-order valence-corrected chi connectivity index (χ2v) is 7.42. The van der Waals surface area contributed by atoms with Gasteiger partial charge in [0.25, 0.3) is 0 Å². The number of rotatable bonds is 5. The number of hydrogen-bond acceptors (Lipinski definition) is 4. The van der Waals surface area contributed by atoms with Crippen molar-refractivity contribution in [1.29, 1.82) is 0 Å². The van der Waals surface area contributed by atoms with Crippen LogP contribution < -0.4 is 5.14 Å². The number of nitrogens with two attached hydrogens (primary N) is 1. The average molecular weight is 381 g/mol. The van der Waals surface area contributed by atoms with Crippen LogP contribution in [0.1, 0.15) is 26.3 Å². The van der Waals surface area contributed by atoms with E-state index in [-0.39, 0.29) is 16.2 Å². The number of benzene rings is 3. The minimum atomic E-state index is -3.75. The van der Waals surface area contributed by atoms with E-state index in [4.69, 9.17) is 10.2 Å². The van der Waals surface area contributed by atoms with Crippen LogP contribution in [-0.2, 0) is 10.0 Å². The standard InChI is InChI=1S/C20H15NO5S/c21-27(25,26)18-10-8-14(9-11-18)13-4-6-15(7-5-13)19(22)16-2-1-3-17(12-16)20(23)24/h1-12H,(H,23,24)(H2,21,25,26). The van der Waals surface area contributed by atoms with Gasteiger partial charge in [0.05, 0.1) is 10.5 Å². The van der Waals surface area contributed by atoms with Crippen molar-refractivity contribution in [2.45, 2.75) is 4.90 Å². The van der Waals surface area contributed by atoms with E-state index in [1.807, 2.05) is 0 Å². The lowest BCUT2D eigenvalue weighted by atomic mass is 9.98. The van der Waals surface area contributed by atoms with E-state index in [1.165, 1.54) is 30.3 Å². The van der Waals surface area contributed by atoms with Crippen molar-refractivity contribution < 1.29 is 23.1 Å². The van der Waals surface area contributed by atoms with Gasteiger partial charge in [-0.25, -0.2) is 18.4 Å². The summed E-state index contributed by atoms with van der Waals surface area (Å²) in [7, 11) is -3.75. The number of aromatic carboxylic acids is 1. The molecule has 0 atom stereocenters. The van der Waals surface area contributed by atoms with Gasteiger partial charge in [-0.1, -0.05) is 48.5 Å². The quantitative estimate of drug-likeness (QED) is 0.660. The Hall–Kier alpha value is -3.29. The Balaban J connectivity index is 1.86. The molecule has 0 amide bonds. The largest absolute Gasteiger partial charge is 0.478 e. The molecule has 0 saturated heterocycles. The predicted molar refractivity (Wildman–Crippen MR) is 100 cm³/mol. The van der Waals surface area contributed by atoms with Gasteiger partial charge in [-0.2, -0.15) is 0 Å². The zero-order chi connectivity index (χ0) is 19.6. The Bertz CT molecular complexity index is 1120. The van der Waals surface area contributed by atoms with Crippen molar-refractivity contribution in [2.75, 3.05) is 0 Å². The number of hydrogen-bond donors (Lipinski definition) is 2. The van der Waals surface area contributed by atoms with Gasteiger partial charge in [-0.05, 0) is 35.4 Å². The van der Waals surface area contributed by atoms with Crippen LogP contribution in [-0.4, -0.2) is 25.3 Å². The maximum absolute atomic E-state index is 12.6. The maximum atomic E-state index is 12.6. The molecule has 3 aromatic carbocycles. The summed E-state index contributed by atoms with van der Waals surface area (Å²) in [5.41, 5.74) is 2.33. The fourth-order valence-electron chi connectivity index (χ4n) is 2.61. The van der Waals surface area contributed by atoms with E-state index in [0.717, 1.165) is 11.1 Å². The van der Waals surface area contributed by atoms with Gasteiger partial charge >= 0.3 is 5.97 Å². The Labute approximate surface area is 155 Å². The highest BCUT2D eigenvalue weighted by Crippen LogP contribution is 2.22. The molecule has 136 valence electrons. The molecule has 0 fully saturated rings. The van der Waals surface area contributed by atoms with Crippen molar-refractivity contribution in [3.05, 3.63) is 89.5 Å². The number of carbonyl (C=O) groups is 2. The van der Waals surface area contributed by atoms with Crippen LogP contribution in [0.4, 0.5) is 0 Å². The Morgan fingerprint density at radius 1 is 0.741 bits per heavy atom. The summed E-state index contributed by atoms with van der Waals surface area (Å²) in [4.78, 5) is 23.6. The number of primary sulfonamides is 1. The zero-order valence-electron chi connectivity index (χ0n) is 14.0. The molecular formula is C20H15NO5S. The lowest BCUT2D eigenvalue weighted by Gasteiger charge is -2.06. The van der Waals surface area contributed by atoms with Gasteiger partial charge in [0, 0.05) is 11.1 Å². The van der Waals surface area contributed by atoms with Crippen LogP contribution in [0.3, 0.4) is 0 Å². The normalized spacial score (nSPS) is 11.1. The van der Waals surface area contributed by atoms with Crippen LogP contribution in [0.2, 0.25) is 0 Å². The lowest BCUT2D eigenvalue weighted by molar-refractivity contribution is 0.0697. The number of carboxylic acids is 1. The van der Waals surface area contributed by atoms with Crippen LogP contribution in [0.15, 0.2) is 77.7 Å². The molecule has 0 bridgehead atoms. The molecule has 27 heavy (non-hydrogen) atoms. The summed E-state index contributed by atoms with van der Waals surface area (Å²) in [5, 5.41) is 14.1. The first kappa shape index (κ1) is 18.5. The fourth-order valence-corrected chi connectivity index (χ4v) is 3.13. The second-order valence-electron chi connectivity index (χ2n) is 5.86.